The van der Waals surface area contributed by atoms with Gasteiger partial charge in [0.15, 0.2) is 0 Å². The van der Waals surface area contributed by atoms with Crippen molar-refractivity contribution in [2.75, 3.05) is 20.2 Å². The Labute approximate surface area is 154 Å². The number of ether oxygens (including phenoxy) is 1. The van der Waals surface area contributed by atoms with E-state index in [0.717, 1.165) is 38.8 Å². The van der Waals surface area contributed by atoms with Crippen molar-refractivity contribution < 1.29 is 9.84 Å². The molecule has 1 saturated carbocycles. The molecule has 142 valence electrons. The molecule has 25 heavy (non-hydrogen) atoms. The summed E-state index contributed by atoms with van der Waals surface area (Å²) in [7, 11) is 2.22. The Bertz CT molecular complexity index is 488. The lowest BCUT2D eigenvalue weighted by Gasteiger charge is -2.47. The largest absolute Gasteiger partial charge is 0.393 e. The van der Waals surface area contributed by atoms with Gasteiger partial charge in [-0.25, -0.2) is 0 Å². The lowest BCUT2D eigenvalue weighted by molar-refractivity contribution is -0.0119. The standard InChI is InChI=1S/C22H37NO2/c1-5-22(2,3)20-13-12-19(24)16-21(20)23(4)14-9-15-25-17-18-10-7-6-8-11-18/h6-8,10-11,19-21,24H,5,9,12-17H2,1-4H3. The molecule has 0 saturated heterocycles. The summed E-state index contributed by atoms with van der Waals surface area (Å²) in [5.74, 6) is 0.663. The van der Waals surface area contributed by atoms with E-state index in [0.29, 0.717) is 24.0 Å². The highest BCUT2D eigenvalue weighted by atomic mass is 16.5. The minimum Gasteiger partial charge on any atom is -0.393 e. The van der Waals surface area contributed by atoms with Crippen LogP contribution in [0.3, 0.4) is 0 Å². The SMILES string of the molecule is CCC(C)(C)C1CCC(O)CC1N(C)CCCOCc1ccccc1. The molecular weight excluding hydrogens is 310 g/mol. The zero-order valence-corrected chi connectivity index (χ0v) is 16.6. The van der Waals surface area contributed by atoms with E-state index in [-0.39, 0.29) is 6.10 Å². The molecule has 1 aromatic carbocycles. The van der Waals surface area contributed by atoms with Crippen LogP contribution in [0.15, 0.2) is 30.3 Å². The van der Waals surface area contributed by atoms with E-state index < -0.39 is 0 Å². The van der Waals surface area contributed by atoms with Crippen LogP contribution in [0.5, 0.6) is 0 Å². The van der Waals surface area contributed by atoms with Crippen molar-refractivity contribution in [1.82, 2.24) is 4.90 Å². The monoisotopic (exact) mass is 347 g/mol. The zero-order valence-electron chi connectivity index (χ0n) is 16.6. The molecule has 3 atom stereocenters. The van der Waals surface area contributed by atoms with E-state index in [2.05, 4.69) is 57.0 Å². The molecule has 0 amide bonds. The maximum absolute atomic E-state index is 10.2. The lowest BCUT2D eigenvalue weighted by Crippen LogP contribution is -2.49. The van der Waals surface area contributed by atoms with Crippen LogP contribution in [0.2, 0.25) is 0 Å². The molecular formula is C22H37NO2. The molecule has 1 N–H and O–H groups in total. The van der Waals surface area contributed by atoms with Gasteiger partial charge in [0.1, 0.15) is 0 Å². The van der Waals surface area contributed by atoms with Crippen molar-refractivity contribution >= 4 is 0 Å². The molecule has 0 spiro atoms. The van der Waals surface area contributed by atoms with Crippen molar-refractivity contribution in [1.29, 1.82) is 0 Å². The number of benzene rings is 1. The van der Waals surface area contributed by atoms with Crippen molar-refractivity contribution in [3.63, 3.8) is 0 Å². The highest BCUT2D eigenvalue weighted by Crippen LogP contribution is 2.42. The normalized spacial score (nSPS) is 24.6. The van der Waals surface area contributed by atoms with Gasteiger partial charge in [0.25, 0.3) is 0 Å². The summed E-state index contributed by atoms with van der Waals surface area (Å²) in [4.78, 5) is 2.47. The van der Waals surface area contributed by atoms with Crippen LogP contribution in [0.1, 0.15) is 58.4 Å². The second-order valence-electron chi connectivity index (χ2n) is 8.36. The van der Waals surface area contributed by atoms with Gasteiger partial charge in [0, 0.05) is 19.2 Å². The Kier molecular flexibility index (Phi) is 7.92. The molecule has 3 heteroatoms. The summed E-state index contributed by atoms with van der Waals surface area (Å²) < 4.78 is 5.82. The fraction of sp³-hybridized carbons (Fsp3) is 0.727. The second-order valence-corrected chi connectivity index (χ2v) is 8.36. The molecule has 3 unspecified atom stereocenters. The first-order valence-electron chi connectivity index (χ1n) is 9.94. The van der Waals surface area contributed by atoms with Crippen LogP contribution >= 0.6 is 0 Å². The summed E-state index contributed by atoms with van der Waals surface area (Å²) in [5.41, 5.74) is 1.57. The summed E-state index contributed by atoms with van der Waals surface area (Å²) in [6, 6.07) is 10.8. The first-order valence-corrected chi connectivity index (χ1v) is 9.94. The predicted molar refractivity (Wildman–Crippen MR) is 105 cm³/mol. The van der Waals surface area contributed by atoms with Crippen LogP contribution < -0.4 is 0 Å². The molecule has 0 aliphatic heterocycles. The number of hydrogen-bond donors (Lipinski definition) is 1. The maximum atomic E-state index is 10.2. The highest BCUT2D eigenvalue weighted by Gasteiger charge is 2.40. The maximum Gasteiger partial charge on any atom is 0.0716 e. The fourth-order valence-corrected chi connectivity index (χ4v) is 4.13. The van der Waals surface area contributed by atoms with E-state index in [9.17, 15) is 5.11 Å². The smallest absolute Gasteiger partial charge is 0.0716 e. The van der Waals surface area contributed by atoms with Crippen LogP contribution in [0, 0.1) is 11.3 Å². The van der Waals surface area contributed by atoms with Gasteiger partial charge in [-0.1, -0.05) is 57.5 Å². The molecule has 2 rings (SSSR count). The Hall–Kier alpha value is -0.900. The Morgan fingerprint density at radius 3 is 2.60 bits per heavy atom. The van der Waals surface area contributed by atoms with E-state index >= 15 is 0 Å². The number of rotatable bonds is 9. The van der Waals surface area contributed by atoms with Gasteiger partial charge < -0.3 is 14.7 Å². The van der Waals surface area contributed by atoms with Gasteiger partial charge in [-0.2, -0.15) is 0 Å². The van der Waals surface area contributed by atoms with E-state index in [1.807, 2.05) is 6.07 Å². The van der Waals surface area contributed by atoms with E-state index in [1.54, 1.807) is 0 Å². The van der Waals surface area contributed by atoms with Gasteiger partial charge in [-0.05, 0) is 49.6 Å². The van der Waals surface area contributed by atoms with Crippen molar-refractivity contribution in [3.05, 3.63) is 35.9 Å². The second kappa shape index (κ2) is 9.70. The predicted octanol–water partition coefficient (Wildman–Crippen LogP) is 4.49. The number of aliphatic hydroxyl groups excluding tert-OH is 1. The van der Waals surface area contributed by atoms with Gasteiger partial charge in [0.2, 0.25) is 0 Å². The van der Waals surface area contributed by atoms with Gasteiger partial charge >= 0.3 is 0 Å². The van der Waals surface area contributed by atoms with E-state index in [1.165, 1.54) is 12.0 Å². The number of aliphatic hydroxyl groups is 1. The number of nitrogens with zero attached hydrogens (tertiary/aromatic N) is 1. The molecule has 1 aromatic rings. The molecule has 0 aromatic heterocycles. The van der Waals surface area contributed by atoms with E-state index in [4.69, 9.17) is 4.74 Å². The third-order valence-electron chi connectivity index (χ3n) is 6.18. The third-order valence-corrected chi connectivity index (χ3v) is 6.18. The first kappa shape index (κ1) is 20.4. The molecule has 0 radical (unpaired) electrons. The van der Waals surface area contributed by atoms with Crippen LogP contribution in [-0.4, -0.2) is 42.4 Å². The molecule has 0 heterocycles. The molecule has 3 nitrogen and oxygen atoms in total. The molecule has 1 aliphatic carbocycles. The quantitative estimate of drug-likeness (QED) is 0.668. The average molecular weight is 348 g/mol. The fourth-order valence-electron chi connectivity index (χ4n) is 4.13. The number of hydrogen-bond acceptors (Lipinski definition) is 3. The summed E-state index contributed by atoms with van der Waals surface area (Å²) >= 11 is 0. The van der Waals surface area contributed by atoms with Crippen LogP contribution in [-0.2, 0) is 11.3 Å². The van der Waals surface area contributed by atoms with Crippen LogP contribution in [0.25, 0.3) is 0 Å². The topological polar surface area (TPSA) is 32.7 Å². The van der Waals surface area contributed by atoms with Crippen molar-refractivity contribution in [2.45, 2.75) is 71.6 Å². The van der Waals surface area contributed by atoms with Crippen molar-refractivity contribution in [2.24, 2.45) is 11.3 Å². The molecule has 0 bridgehead atoms. The minimum atomic E-state index is -0.134. The minimum absolute atomic E-state index is 0.134. The van der Waals surface area contributed by atoms with Crippen LogP contribution in [0.4, 0.5) is 0 Å². The zero-order chi connectivity index (χ0) is 18.3. The van der Waals surface area contributed by atoms with Crippen molar-refractivity contribution in [3.8, 4) is 0 Å². The molecule has 1 fully saturated rings. The third kappa shape index (κ3) is 6.09. The Balaban J connectivity index is 1.78. The summed E-state index contributed by atoms with van der Waals surface area (Å²) in [6.07, 6.45) is 5.11. The molecule has 1 aliphatic rings. The Morgan fingerprint density at radius 2 is 1.92 bits per heavy atom. The van der Waals surface area contributed by atoms with Gasteiger partial charge in [-0.15, -0.1) is 0 Å². The summed E-state index contributed by atoms with van der Waals surface area (Å²) in [6.45, 7) is 9.58. The summed E-state index contributed by atoms with van der Waals surface area (Å²) in [5, 5.41) is 10.2. The van der Waals surface area contributed by atoms with Gasteiger partial charge in [-0.3, -0.25) is 0 Å². The first-order chi connectivity index (χ1) is 11.9. The lowest BCUT2D eigenvalue weighted by atomic mass is 9.66. The highest BCUT2D eigenvalue weighted by molar-refractivity contribution is 5.13. The Morgan fingerprint density at radius 1 is 1.20 bits per heavy atom. The van der Waals surface area contributed by atoms with Gasteiger partial charge in [0.05, 0.1) is 12.7 Å². The average Bonchev–Trinajstić information content (AvgIpc) is 2.62.